The molecule has 0 radical (unpaired) electrons. The van der Waals surface area contributed by atoms with Crippen molar-refractivity contribution in [3.63, 3.8) is 0 Å². The average Bonchev–Trinajstić information content (AvgIpc) is 2.84. The van der Waals surface area contributed by atoms with Crippen molar-refractivity contribution in [3.8, 4) is 0 Å². The predicted octanol–water partition coefficient (Wildman–Crippen LogP) is 2.59. The van der Waals surface area contributed by atoms with E-state index >= 15 is 0 Å². The van der Waals surface area contributed by atoms with E-state index in [0.29, 0.717) is 11.1 Å². The SMILES string of the molecule is O=C(CC1(O)OC(c2ccccc2)=CC1=O)c1ccccc1. The van der Waals surface area contributed by atoms with Gasteiger partial charge in [-0.2, -0.15) is 0 Å². The van der Waals surface area contributed by atoms with Crippen molar-refractivity contribution < 1.29 is 19.4 Å². The van der Waals surface area contributed by atoms with E-state index in [1.54, 1.807) is 54.6 Å². The van der Waals surface area contributed by atoms with E-state index in [-0.39, 0.29) is 11.5 Å². The molecule has 4 heteroatoms. The summed E-state index contributed by atoms with van der Waals surface area (Å²) in [5, 5.41) is 10.4. The first kappa shape index (κ1) is 14.2. The molecule has 0 spiro atoms. The van der Waals surface area contributed by atoms with Gasteiger partial charge in [-0.15, -0.1) is 0 Å². The van der Waals surface area contributed by atoms with Crippen molar-refractivity contribution in [2.45, 2.75) is 12.2 Å². The van der Waals surface area contributed by atoms with E-state index in [1.165, 1.54) is 6.08 Å². The monoisotopic (exact) mass is 294 g/mol. The maximum atomic E-state index is 12.2. The molecule has 0 aromatic heterocycles. The minimum atomic E-state index is -2.13. The molecule has 1 atom stereocenters. The molecule has 1 heterocycles. The molecule has 1 unspecified atom stereocenters. The lowest BCUT2D eigenvalue weighted by Crippen LogP contribution is -2.38. The average molecular weight is 294 g/mol. The number of aliphatic hydroxyl groups is 1. The molecule has 2 aromatic rings. The third kappa shape index (κ3) is 2.69. The highest BCUT2D eigenvalue weighted by Gasteiger charge is 2.45. The van der Waals surface area contributed by atoms with Crippen LogP contribution in [0.5, 0.6) is 0 Å². The quantitative estimate of drug-likeness (QED) is 0.880. The zero-order valence-electron chi connectivity index (χ0n) is 11.7. The first-order chi connectivity index (χ1) is 10.6. The molecular weight excluding hydrogens is 280 g/mol. The van der Waals surface area contributed by atoms with Gasteiger partial charge >= 0.3 is 0 Å². The van der Waals surface area contributed by atoms with Gasteiger partial charge in [-0.3, -0.25) is 9.59 Å². The Balaban J connectivity index is 1.78. The van der Waals surface area contributed by atoms with Gasteiger partial charge in [0.15, 0.2) is 5.78 Å². The van der Waals surface area contributed by atoms with Crippen molar-refractivity contribution in [1.29, 1.82) is 0 Å². The standard InChI is InChI=1S/C18H14O4/c19-15(13-7-3-1-4-8-13)12-18(21)17(20)11-16(22-18)14-9-5-2-6-10-14/h1-11,21H,12H2. The number of benzene rings is 2. The van der Waals surface area contributed by atoms with Crippen LogP contribution in [0, 0.1) is 0 Å². The van der Waals surface area contributed by atoms with Crippen LogP contribution < -0.4 is 0 Å². The van der Waals surface area contributed by atoms with Crippen LogP contribution in [0.15, 0.2) is 66.7 Å². The maximum absolute atomic E-state index is 12.2. The molecule has 0 fully saturated rings. The smallest absolute Gasteiger partial charge is 0.279 e. The summed E-state index contributed by atoms with van der Waals surface area (Å²) in [5.74, 6) is -2.82. The van der Waals surface area contributed by atoms with Gasteiger partial charge in [-0.05, 0) is 0 Å². The summed E-state index contributed by atoms with van der Waals surface area (Å²) < 4.78 is 5.39. The van der Waals surface area contributed by atoms with E-state index in [9.17, 15) is 14.7 Å². The zero-order chi connectivity index (χ0) is 15.6. The van der Waals surface area contributed by atoms with Gasteiger partial charge in [0.25, 0.3) is 5.79 Å². The minimum Gasteiger partial charge on any atom is -0.453 e. The fourth-order valence-electron chi connectivity index (χ4n) is 2.31. The predicted molar refractivity (Wildman–Crippen MR) is 80.9 cm³/mol. The highest BCUT2D eigenvalue weighted by atomic mass is 16.6. The molecule has 0 bridgehead atoms. The largest absolute Gasteiger partial charge is 0.453 e. The molecule has 1 N–H and O–H groups in total. The second kappa shape index (κ2) is 5.58. The Kier molecular flexibility index (Phi) is 3.61. The lowest BCUT2D eigenvalue weighted by Gasteiger charge is -2.21. The maximum Gasteiger partial charge on any atom is 0.279 e. The Morgan fingerprint density at radius 3 is 2.23 bits per heavy atom. The number of ketones is 2. The summed E-state index contributed by atoms with van der Waals surface area (Å²) in [7, 11) is 0. The van der Waals surface area contributed by atoms with E-state index in [4.69, 9.17) is 4.74 Å². The number of carbonyl (C=O) groups is 2. The van der Waals surface area contributed by atoms with Crippen molar-refractivity contribution in [1.82, 2.24) is 0 Å². The number of hydrogen-bond donors (Lipinski definition) is 1. The number of rotatable bonds is 4. The van der Waals surface area contributed by atoms with E-state index in [1.807, 2.05) is 6.07 Å². The third-order valence-electron chi connectivity index (χ3n) is 3.48. The molecule has 3 rings (SSSR count). The van der Waals surface area contributed by atoms with Crippen LogP contribution in [0.3, 0.4) is 0 Å². The lowest BCUT2D eigenvalue weighted by molar-refractivity contribution is -0.167. The van der Waals surface area contributed by atoms with Gasteiger partial charge in [0.2, 0.25) is 5.78 Å². The van der Waals surface area contributed by atoms with Gasteiger partial charge in [0, 0.05) is 17.2 Å². The van der Waals surface area contributed by atoms with E-state index < -0.39 is 18.0 Å². The van der Waals surface area contributed by atoms with Crippen LogP contribution >= 0.6 is 0 Å². The van der Waals surface area contributed by atoms with Crippen molar-refractivity contribution >= 4 is 17.3 Å². The number of Topliss-reactive ketones (excluding diaryl/α,β-unsaturated/α-hetero) is 1. The zero-order valence-corrected chi connectivity index (χ0v) is 11.7. The molecule has 0 saturated carbocycles. The molecule has 0 aliphatic carbocycles. The van der Waals surface area contributed by atoms with Gasteiger partial charge in [0.05, 0.1) is 6.42 Å². The molecular formula is C18H14O4. The highest BCUT2D eigenvalue weighted by Crippen LogP contribution is 2.32. The molecule has 1 aliphatic heterocycles. The molecule has 22 heavy (non-hydrogen) atoms. The summed E-state index contributed by atoms with van der Waals surface area (Å²) in [6.45, 7) is 0. The molecule has 4 nitrogen and oxygen atoms in total. The highest BCUT2D eigenvalue weighted by molar-refractivity contribution is 6.08. The normalized spacial score (nSPS) is 20.4. The number of hydrogen-bond acceptors (Lipinski definition) is 4. The Bertz CT molecular complexity index is 734. The Morgan fingerprint density at radius 1 is 1.00 bits per heavy atom. The van der Waals surface area contributed by atoms with Crippen LogP contribution in [0.2, 0.25) is 0 Å². The first-order valence-electron chi connectivity index (χ1n) is 6.90. The fraction of sp³-hybridized carbons (Fsp3) is 0.111. The Morgan fingerprint density at radius 2 is 1.59 bits per heavy atom. The van der Waals surface area contributed by atoms with E-state index in [2.05, 4.69) is 0 Å². The lowest BCUT2D eigenvalue weighted by atomic mass is 10.0. The number of carbonyl (C=O) groups excluding carboxylic acids is 2. The summed E-state index contributed by atoms with van der Waals surface area (Å²) in [5.41, 5.74) is 1.11. The Labute approximate surface area is 127 Å². The molecule has 110 valence electrons. The Hall–Kier alpha value is -2.72. The van der Waals surface area contributed by atoms with Gasteiger partial charge in [-0.25, -0.2) is 0 Å². The van der Waals surface area contributed by atoms with Gasteiger partial charge in [0.1, 0.15) is 5.76 Å². The summed E-state index contributed by atoms with van der Waals surface area (Å²) in [4.78, 5) is 24.2. The van der Waals surface area contributed by atoms with Crippen molar-refractivity contribution in [2.75, 3.05) is 0 Å². The second-order valence-electron chi connectivity index (χ2n) is 5.09. The molecule has 2 aromatic carbocycles. The van der Waals surface area contributed by atoms with Crippen molar-refractivity contribution in [3.05, 3.63) is 77.9 Å². The fourth-order valence-corrected chi connectivity index (χ4v) is 2.31. The van der Waals surface area contributed by atoms with Gasteiger partial charge in [-0.1, -0.05) is 60.7 Å². The molecule has 0 saturated heterocycles. The molecule has 0 amide bonds. The van der Waals surface area contributed by atoms with Crippen LogP contribution in [-0.2, 0) is 9.53 Å². The van der Waals surface area contributed by atoms with Crippen LogP contribution in [0.1, 0.15) is 22.3 Å². The summed E-state index contributed by atoms with van der Waals surface area (Å²) in [6.07, 6.45) is 0.816. The first-order valence-corrected chi connectivity index (χ1v) is 6.90. The topological polar surface area (TPSA) is 63.6 Å². The van der Waals surface area contributed by atoms with Crippen LogP contribution in [0.25, 0.3) is 5.76 Å². The van der Waals surface area contributed by atoms with Crippen molar-refractivity contribution in [2.24, 2.45) is 0 Å². The third-order valence-corrected chi connectivity index (χ3v) is 3.48. The van der Waals surface area contributed by atoms with Gasteiger partial charge < -0.3 is 9.84 Å². The second-order valence-corrected chi connectivity index (χ2v) is 5.09. The van der Waals surface area contributed by atoms with Crippen LogP contribution in [-0.4, -0.2) is 22.5 Å². The summed E-state index contributed by atoms with van der Waals surface area (Å²) >= 11 is 0. The number of ether oxygens (including phenoxy) is 1. The van der Waals surface area contributed by atoms with Crippen LogP contribution in [0.4, 0.5) is 0 Å². The summed E-state index contributed by atoms with van der Waals surface area (Å²) in [6, 6.07) is 17.5. The minimum absolute atomic E-state index is 0.272. The molecule has 1 aliphatic rings. The van der Waals surface area contributed by atoms with E-state index in [0.717, 1.165) is 0 Å².